The Bertz CT molecular complexity index is 498. The molecule has 1 aromatic carbocycles. The van der Waals surface area contributed by atoms with Crippen LogP contribution in [0.25, 0.3) is 0 Å². The van der Waals surface area contributed by atoms with E-state index in [2.05, 4.69) is 12.1 Å². The second-order valence-corrected chi connectivity index (χ2v) is 5.57. The van der Waals surface area contributed by atoms with Crippen molar-refractivity contribution in [3.05, 3.63) is 29.8 Å². The molecule has 3 rings (SSSR count). The smallest absolute Gasteiger partial charge is 0.229 e. The van der Waals surface area contributed by atoms with Crippen LogP contribution < -0.4 is 10.6 Å². The highest BCUT2D eigenvalue weighted by atomic mass is 35.5. The van der Waals surface area contributed by atoms with Crippen molar-refractivity contribution in [3.63, 3.8) is 0 Å². The number of benzene rings is 1. The number of carbonyl (C=O) groups is 1. The summed E-state index contributed by atoms with van der Waals surface area (Å²) in [5, 5.41) is 0. The Labute approximate surface area is 125 Å². The summed E-state index contributed by atoms with van der Waals surface area (Å²) in [5.41, 5.74) is 8.26. The SMILES string of the molecule is COC(CN)CC(=O)N1CC2(CC2)c2ccccc21.Cl. The number of nitrogens with zero attached hydrogens (tertiary/aromatic N) is 1. The fourth-order valence-electron chi connectivity index (χ4n) is 3.00. The Morgan fingerprint density at radius 3 is 2.75 bits per heavy atom. The van der Waals surface area contributed by atoms with Crippen LogP contribution in [0, 0.1) is 0 Å². The lowest BCUT2D eigenvalue weighted by Gasteiger charge is -2.20. The summed E-state index contributed by atoms with van der Waals surface area (Å²) in [4.78, 5) is 14.4. The standard InChI is InChI=1S/C15H20N2O2.ClH/c1-19-11(9-16)8-14(18)17-10-15(6-7-15)12-4-2-3-5-13(12)17;/h2-5,11H,6-10,16H2,1H3;1H. The molecule has 0 saturated heterocycles. The van der Waals surface area contributed by atoms with Crippen molar-refractivity contribution in [1.82, 2.24) is 0 Å². The number of anilines is 1. The number of hydrogen-bond donors (Lipinski definition) is 1. The minimum Gasteiger partial charge on any atom is -0.380 e. The Morgan fingerprint density at radius 1 is 1.45 bits per heavy atom. The summed E-state index contributed by atoms with van der Waals surface area (Å²) in [7, 11) is 1.60. The zero-order valence-corrected chi connectivity index (χ0v) is 12.5. The number of carbonyl (C=O) groups excluding carboxylic acids is 1. The molecule has 110 valence electrons. The number of halogens is 1. The number of ether oxygens (including phenoxy) is 1. The molecule has 1 spiro atoms. The van der Waals surface area contributed by atoms with E-state index in [1.807, 2.05) is 17.0 Å². The molecule has 1 atom stereocenters. The fraction of sp³-hybridized carbons (Fsp3) is 0.533. The second kappa shape index (κ2) is 5.72. The van der Waals surface area contributed by atoms with Crippen molar-refractivity contribution in [2.24, 2.45) is 5.73 Å². The molecule has 1 aliphatic heterocycles. The summed E-state index contributed by atoms with van der Waals surface area (Å²) < 4.78 is 5.21. The zero-order chi connectivity index (χ0) is 13.5. The maximum Gasteiger partial charge on any atom is 0.229 e. The minimum atomic E-state index is -0.185. The first-order valence-electron chi connectivity index (χ1n) is 6.83. The van der Waals surface area contributed by atoms with Gasteiger partial charge in [0, 0.05) is 31.3 Å². The van der Waals surface area contributed by atoms with Crippen molar-refractivity contribution in [2.75, 3.05) is 25.1 Å². The van der Waals surface area contributed by atoms with E-state index in [9.17, 15) is 4.79 Å². The van der Waals surface area contributed by atoms with Gasteiger partial charge in [0.15, 0.2) is 0 Å². The molecule has 20 heavy (non-hydrogen) atoms. The topological polar surface area (TPSA) is 55.6 Å². The molecular formula is C15H21ClN2O2. The lowest BCUT2D eigenvalue weighted by Crippen LogP contribution is -2.36. The molecule has 1 aromatic rings. The molecule has 1 amide bonds. The molecular weight excluding hydrogens is 276 g/mol. The lowest BCUT2D eigenvalue weighted by molar-refractivity contribution is -0.120. The number of rotatable bonds is 4. The molecule has 1 unspecified atom stereocenters. The normalized spacial score (nSPS) is 19.4. The van der Waals surface area contributed by atoms with Gasteiger partial charge in [0.05, 0.1) is 12.5 Å². The predicted molar refractivity (Wildman–Crippen MR) is 81.4 cm³/mol. The number of hydrogen-bond acceptors (Lipinski definition) is 3. The zero-order valence-electron chi connectivity index (χ0n) is 11.7. The van der Waals surface area contributed by atoms with Gasteiger partial charge in [-0.05, 0) is 24.5 Å². The van der Waals surface area contributed by atoms with Crippen LogP contribution in [0.3, 0.4) is 0 Å². The van der Waals surface area contributed by atoms with Gasteiger partial charge in [-0.1, -0.05) is 18.2 Å². The van der Waals surface area contributed by atoms with Gasteiger partial charge in [-0.2, -0.15) is 0 Å². The molecule has 0 bridgehead atoms. The van der Waals surface area contributed by atoms with Gasteiger partial charge >= 0.3 is 0 Å². The van der Waals surface area contributed by atoms with E-state index in [0.717, 1.165) is 12.2 Å². The maximum absolute atomic E-state index is 12.4. The molecule has 4 nitrogen and oxygen atoms in total. The first kappa shape index (κ1) is 15.3. The number of amides is 1. The molecule has 1 aliphatic carbocycles. The van der Waals surface area contributed by atoms with Gasteiger partial charge in [-0.3, -0.25) is 4.79 Å². The van der Waals surface area contributed by atoms with Crippen molar-refractivity contribution in [1.29, 1.82) is 0 Å². The molecule has 0 radical (unpaired) electrons. The van der Waals surface area contributed by atoms with Crippen LogP contribution >= 0.6 is 12.4 Å². The van der Waals surface area contributed by atoms with Crippen molar-refractivity contribution in [2.45, 2.75) is 30.8 Å². The van der Waals surface area contributed by atoms with Crippen LogP contribution in [0.4, 0.5) is 5.69 Å². The van der Waals surface area contributed by atoms with Crippen LogP contribution in [0.1, 0.15) is 24.8 Å². The van der Waals surface area contributed by atoms with Gasteiger partial charge < -0.3 is 15.4 Å². The van der Waals surface area contributed by atoms with E-state index in [1.54, 1.807) is 7.11 Å². The molecule has 2 aliphatic rings. The predicted octanol–water partition coefficient (Wildman–Crippen LogP) is 1.85. The average Bonchev–Trinajstić information content (AvgIpc) is 3.14. The van der Waals surface area contributed by atoms with Crippen LogP contribution in [-0.4, -0.2) is 32.2 Å². The summed E-state index contributed by atoms with van der Waals surface area (Å²) in [6.07, 6.45) is 2.56. The van der Waals surface area contributed by atoms with E-state index in [-0.39, 0.29) is 29.8 Å². The van der Waals surface area contributed by atoms with Crippen LogP contribution in [0.15, 0.2) is 24.3 Å². The highest BCUT2D eigenvalue weighted by molar-refractivity contribution is 5.97. The number of fused-ring (bicyclic) bond motifs is 2. The first-order chi connectivity index (χ1) is 9.20. The van der Waals surface area contributed by atoms with Gasteiger partial charge in [0.25, 0.3) is 0 Å². The maximum atomic E-state index is 12.4. The van der Waals surface area contributed by atoms with Crippen molar-refractivity contribution < 1.29 is 9.53 Å². The van der Waals surface area contributed by atoms with Crippen LogP contribution in [0.2, 0.25) is 0 Å². The largest absolute Gasteiger partial charge is 0.380 e. The molecule has 1 fully saturated rings. The third-order valence-corrected chi connectivity index (χ3v) is 4.38. The molecule has 0 aromatic heterocycles. The van der Waals surface area contributed by atoms with Crippen molar-refractivity contribution >= 4 is 24.0 Å². The average molecular weight is 297 g/mol. The molecule has 1 heterocycles. The van der Waals surface area contributed by atoms with Crippen LogP contribution in [-0.2, 0) is 14.9 Å². The molecule has 1 saturated carbocycles. The molecule has 5 heteroatoms. The monoisotopic (exact) mass is 296 g/mol. The quantitative estimate of drug-likeness (QED) is 0.922. The third kappa shape index (κ3) is 2.43. The van der Waals surface area contributed by atoms with Gasteiger partial charge in [0.2, 0.25) is 5.91 Å². The van der Waals surface area contributed by atoms with Crippen molar-refractivity contribution in [3.8, 4) is 0 Å². The number of methoxy groups -OCH3 is 1. The van der Waals surface area contributed by atoms with Crippen LogP contribution in [0.5, 0.6) is 0 Å². The van der Waals surface area contributed by atoms with E-state index in [4.69, 9.17) is 10.5 Å². The van der Waals surface area contributed by atoms with E-state index in [1.165, 1.54) is 18.4 Å². The Balaban J connectivity index is 0.00000147. The minimum absolute atomic E-state index is 0. The summed E-state index contributed by atoms with van der Waals surface area (Å²) in [6, 6.07) is 8.26. The summed E-state index contributed by atoms with van der Waals surface area (Å²) in [6.45, 7) is 1.20. The number of para-hydroxylation sites is 1. The lowest BCUT2D eigenvalue weighted by atomic mass is 9.99. The number of nitrogens with two attached hydrogens (primary N) is 1. The summed E-state index contributed by atoms with van der Waals surface area (Å²) >= 11 is 0. The first-order valence-corrected chi connectivity index (χ1v) is 6.83. The third-order valence-electron chi connectivity index (χ3n) is 4.38. The van der Waals surface area contributed by atoms with Gasteiger partial charge in [-0.15, -0.1) is 12.4 Å². The van der Waals surface area contributed by atoms with E-state index >= 15 is 0 Å². The highest BCUT2D eigenvalue weighted by Crippen LogP contribution is 2.56. The summed E-state index contributed by atoms with van der Waals surface area (Å²) in [5.74, 6) is 0.119. The van der Waals surface area contributed by atoms with E-state index < -0.39 is 0 Å². The van der Waals surface area contributed by atoms with Gasteiger partial charge in [0.1, 0.15) is 0 Å². The fourth-order valence-corrected chi connectivity index (χ4v) is 3.00. The van der Waals surface area contributed by atoms with Gasteiger partial charge in [-0.25, -0.2) is 0 Å². The Morgan fingerprint density at radius 2 is 2.15 bits per heavy atom. The highest BCUT2D eigenvalue weighted by Gasteiger charge is 2.52. The molecule has 2 N–H and O–H groups in total. The Kier molecular flexibility index (Phi) is 4.37. The second-order valence-electron chi connectivity index (χ2n) is 5.57. The van der Waals surface area contributed by atoms with E-state index in [0.29, 0.717) is 13.0 Å². The Hall–Kier alpha value is -1.10.